The normalized spacial score (nSPS) is 37.0. The molecule has 0 amide bonds. The Balaban J connectivity index is 1.89. The summed E-state index contributed by atoms with van der Waals surface area (Å²) in [5.74, 6) is 1.20. The summed E-state index contributed by atoms with van der Waals surface area (Å²) < 4.78 is 0. The van der Waals surface area contributed by atoms with Crippen molar-refractivity contribution in [1.29, 1.82) is 0 Å². The van der Waals surface area contributed by atoms with Crippen molar-refractivity contribution in [3.63, 3.8) is 0 Å². The van der Waals surface area contributed by atoms with Crippen molar-refractivity contribution in [1.82, 2.24) is 10.2 Å². The zero-order chi connectivity index (χ0) is 12.0. The Kier molecular flexibility index (Phi) is 2.60. The molecule has 3 heteroatoms. The molecule has 3 nitrogen and oxygen atoms in total. The predicted molar refractivity (Wildman–Crippen MR) is 71.2 cm³/mol. The van der Waals surface area contributed by atoms with Crippen molar-refractivity contribution in [2.24, 2.45) is 10.4 Å². The molecule has 0 aromatic rings. The average molecular weight is 235 g/mol. The predicted octanol–water partition coefficient (Wildman–Crippen LogP) is 2.38. The fourth-order valence-corrected chi connectivity index (χ4v) is 3.80. The average Bonchev–Trinajstić information content (AvgIpc) is 2.65. The van der Waals surface area contributed by atoms with Crippen LogP contribution in [0.15, 0.2) is 4.99 Å². The molecule has 0 radical (unpaired) electrons. The molecule has 3 rings (SSSR count). The molecule has 0 spiro atoms. The first-order valence-corrected chi connectivity index (χ1v) is 7.17. The number of aliphatic imine (C=N–C) groups is 1. The van der Waals surface area contributed by atoms with E-state index in [4.69, 9.17) is 4.99 Å². The highest BCUT2D eigenvalue weighted by molar-refractivity contribution is 5.84. The monoisotopic (exact) mass is 235 g/mol. The van der Waals surface area contributed by atoms with Gasteiger partial charge < -0.3 is 10.2 Å². The lowest BCUT2D eigenvalue weighted by atomic mass is 9.81. The lowest BCUT2D eigenvalue weighted by molar-refractivity contribution is 0.105. The second kappa shape index (κ2) is 3.89. The molecule has 1 N–H and O–H groups in total. The fourth-order valence-electron chi connectivity index (χ4n) is 3.80. The molecule has 17 heavy (non-hydrogen) atoms. The van der Waals surface area contributed by atoms with E-state index in [-0.39, 0.29) is 0 Å². The van der Waals surface area contributed by atoms with Crippen molar-refractivity contribution in [2.45, 2.75) is 71.0 Å². The summed E-state index contributed by atoms with van der Waals surface area (Å²) in [5, 5.41) is 3.67. The molecule has 96 valence electrons. The Morgan fingerprint density at radius 3 is 2.71 bits per heavy atom. The van der Waals surface area contributed by atoms with Crippen LogP contribution in [0.2, 0.25) is 0 Å². The zero-order valence-corrected chi connectivity index (χ0v) is 11.4. The third-order valence-corrected chi connectivity index (χ3v) is 4.65. The van der Waals surface area contributed by atoms with Gasteiger partial charge in [0.2, 0.25) is 0 Å². The van der Waals surface area contributed by atoms with Gasteiger partial charge in [0.15, 0.2) is 5.96 Å². The SMILES string of the molecule is CC(C)(C)C1CCN=C2NC3CCCCC3N21. The Labute approximate surface area is 105 Å². The maximum Gasteiger partial charge on any atom is 0.194 e. The van der Waals surface area contributed by atoms with E-state index in [2.05, 4.69) is 31.0 Å². The van der Waals surface area contributed by atoms with Gasteiger partial charge in [0.25, 0.3) is 0 Å². The minimum atomic E-state index is 0.356. The van der Waals surface area contributed by atoms with Crippen LogP contribution in [-0.2, 0) is 0 Å². The maximum atomic E-state index is 4.71. The lowest BCUT2D eigenvalue weighted by Gasteiger charge is -2.44. The van der Waals surface area contributed by atoms with E-state index in [1.807, 2.05) is 0 Å². The molecule has 3 unspecified atom stereocenters. The van der Waals surface area contributed by atoms with Gasteiger partial charge in [-0.1, -0.05) is 33.6 Å². The molecule has 3 aliphatic rings. The molecular formula is C14H25N3. The van der Waals surface area contributed by atoms with Crippen molar-refractivity contribution in [2.75, 3.05) is 6.54 Å². The minimum absolute atomic E-state index is 0.356. The van der Waals surface area contributed by atoms with Gasteiger partial charge in [-0.3, -0.25) is 4.99 Å². The van der Waals surface area contributed by atoms with Crippen LogP contribution in [0.1, 0.15) is 52.9 Å². The topological polar surface area (TPSA) is 27.6 Å². The third-order valence-electron chi connectivity index (χ3n) is 4.65. The molecule has 2 heterocycles. The van der Waals surface area contributed by atoms with Crippen molar-refractivity contribution in [3.05, 3.63) is 0 Å². The second-order valence-corrected chi connectivity index (χ2v) is 6.89. The highest BCUT2D eigenvalue weighted by Gasteiger charge is 2.46. The van der Waals surface area contributed by atoms with Gasteiger partial charge in [0.05, 0.1) is 6.04 Å². The quantitative estimate of drug-likeness (QED) is 0.698. The lowest BCUT2D eigenvalue weighted by Crippen LogP contribution is -2.53. The van der Waals surface area contributed by atoms with Crippen molar-refractivity contribution >= 4 is 5.96 Å². The first-order chi connectivity index (χ1) is 8.07. The molecule has 1 saturated carbocycles. The fraction of sp³-hybridized carbons (Fsp3) is 0.929. The standard InChI is InChI=1S/C14H25N3/c1-14(2,3)12-8-9-15-13-16-10-6-4-5-7-11(10)17(12)13/h10-12H,4-9H2,1-3H3,(H,15,16). The van der Waals surface area contributed by atoms with Gasteiger partial charge in [-0.2, -0.15) is 0 Å². The highest BCUT2D eigenvalue weighted by atomic mass is 15.4. The third kappa shape index (κ3) is 1.84. The van der Waals surface area contributed by atoms with E-state index in [0.29, 0.717) is 23.5 Å². The van der Waals surface area contributed by atoms with Crippen LogP contribution in [0, 0.1) is 5.41 Å². The van der Waals surface area contributed by atoms with E-state index in [9.17, 15) is 0 Å². The molecule has 2 fully saturated rings. The van der Waals surface area contributed by atoms with E-state index < -0.39 is 0 Å². The van der Waals surface area contributed by atoms with Crippen LogP contribution in [0.3, 0.4) is 0 Å². The molecular weight excluding hydrogens is 210 g/mol. The van der Waals surface area contributed by atoms with Crippen LogP contribution in [0.5, 0.6) is 0 Å². The summed E-state index contributed by atoms with van der Waals surface area (Å²) >= 11 is 0. The Bertz CT molecular complexity index is 329. The first kappa shape index (κ1) is 11.4. The van der Waals surface area contributed by atoms with E-state index >= 15 is 0 Å². The Morgan fingerprint density at radius 1 is 1.18 bits per heavy atom. The van der Waals surface area contributed by atoms with E-state index in [0.717, 1.165) is 6.54 Å². The highest BCUT2D eigenvalue weighted by Crippen LogP contribution is 2.37. The Hall–Kier alpha value is -0.730. The summed E-state index contributed by atoms with van der Waals surface area (Å²) in [7, 11) is 0. The number of fused-ring (bicyclic) bond motifs is 3. The summed E-state index contributed by atoms with van der Waals surface area (Å²) in [6, 6.07) is 2.05. The summed E-state index contributed by atoms with van der Waals surface area (Å²) in [4.78, 5) is 7.34. The number of guanidine groups is 1. The van der Waals surface area contributed by atoms with Crippen LogP contribution in [-0.4, -0.2) is 35.5 Å². The number of nitrogens with zero attached hydrogens (tertiary/aromatic N) is 2. The smallest absolute Gasteiger partial charge is 0.194 e. The molecule has 0 bridgehead atoms. The van der Waals surface area contributed by atoms with Gasteiger partial charge in [0.1, 0.15) is 0 Å². The summed E-state index contributed by atoms with van der Waals surface area (Å²) in [6.45, 7) is 8.12. The minimum Gasteiger partial charge on any atom is -0.351 e. The van der Waals surface area contributed by atoms with Gasteiger partial charge in [-0.25, -0.2) is 0 Å². The zero-order valence-electron chi connectivity index (χ0n) is 11.4. The Morgan fingerprint density at radius 2 is 1.94 bits per heavy atom. The van der Waals surface area contributed by atoms with Crippen LogP contribution in [0.4, 0.5) is 0 Å². The molecule has 0 aromatic carbocycles. The van der Waals surface area contributed by atoms with Gasteiger partial charge in [-0.05, 0) is 24.7 Å². The molecule has 1 saturated heterocycles. The van der Waals surface area contributed by atoms with Gasteiger partial charge in [0, 0.05) is 18.6 Å². The molecule has 3 atom stereocenters. The van der Waals surface area contributed by atoms with Crippen LogP contribution < -0.4 is 5.32 Å². The van der Waals surface area contributed by atoms with E-state index in [1.54, 1.807) is 0 Å². The van der Waals surface area contributed by atoms with Gasteiger partial charge >= 0.3 is 0 Å². The largest absolute Gasteiger partial charge is 0.351 e. The number of hydrogen-bond donors (Lipinski definition) is 1. The van der Waals surface area contributed by atoms with Crippen molar-refractivity contribution in [3.8, 4) is 0 Å². The van der Waals surface area contributed by atoms with Gasteiger partial charge in [-0.15, -0.1) is 0 Å². The maximum absolute atomic E-state index is 4.71. The van der Waals surface area contributed by atoms with Crippen LogP contribution in [0.25, 0.3) is 0 Å². The first-order valence-electron chi connectivity index (χ1n) is 7.17. The van der Waals surface area contributed by atoms with Crippen LogP contribution >= 0.6 is 0 Å². The number of rotatable bonds is 0. The molecule has 2 aliphatic heterocycles. The van der Waals surface area contributed by atoms with Crippen molar-refractivity contribution < 1.29 is 0 Å². The molecule has 1 aliphatic carbocycles. The molecule has 0 aromatic heterocycles. The number of hydrogen-bond acceptors (Lipinski definition) is 3. The van der Waals surface area contributed by atoms with E-state index in [1.165, 1.54) is 38.1 Å². The summed E-state index contributed by atoms with van der Waals surface area (Å²) in [5.41, 5.74) is 0.356. The second-order valence-electron chi connectivity index (χ2n) is 6.89. The number of nitrogens with one attached hydrogen (secondary N) is 1. The summed E-state index contributed by atoms with van der Waals surface area (Å²) in [6.07, 6.45) is 6.68.